The molecule has 21 heavy (non-hydrogen) atoms. The smallest absolute Gasteiger partial charge is 0.228 e. The summed E-state index contributed by atoms with van der Waals surface area (Å²) in [7, 11) is 0. The fourth-order valence-corrected chi connectivity index (χ4v) is 2.48. The average molecular weight is 285 g/mol. The first-order valence-corrected chi connectivity index (χ1v) is 6.82. The number of rotatable bonds is 4. The number of fused-ring (bicyclic) bond motifs is 1. The Bertz CT molecular complexity index is 700. The molecule has 3 rings (SSSR count). The van der Waals surface area contributed by atoms with Gasteiger partial charge in [0, 0.05) is 12.2 Å². The highest BCUT2D eigenvalue weighted by Gasteiger charge is 2.19. The van der Waals surface area contributed by atoms with Gasteiger partial charge in [0.05, 0.1) is 17.8 Å². The molecule has 1 aliphatic rings. The highest BCUT2D eigenvalue weighted by Crippen LogP contribution is 2.31. The minimum atomic E-state index is -0.229. The highest BCUT2D eigenvalue weighted by atomic mass is 19.1. The SMILES string of the molecule is Nc1cc2c(cc1NCCc1cccc(F)c1)NC(=O)C2. The highest BCUT2D eigenvalue weighted by molar-refractivity contribution is 6.00. The van der Waals surface area contributed by atoms with E-state index in [1.807, 2.05) is 18.2 Å². The van der Waals surface area contributed by atoms with Gasteiger partial charge in [0.1, 0.15) is 5.82 Å². The van der Waals surface area contributed by atoms with Crippen LogP contribution in [-0.2, 0) is 17.6 Å². The van der Waals surface area contributed by atoms with Crippen molar-refractivity contribution in [3.8, 4) is 0 Å². The van der Waals surface area contributed by atoms with Crippen LogP contribution in [0, 0.1) is 5.82 Å². The van der Waals surface area contributed by atoms with Gasteiger partial charge in [-0.15, -0.1) is 0 Å². The summed E-state index contributed by atoms with van der Waals surface area (Å²) in [6.45, 7) is 0.639. The number of carbonyl (C=O) groups excluding carboxylic acids is 1. The second-order valence-corrected chi connectivity index (χ2v) is 5.13. The van der Waals surface area contributed by atoms with Crippen LogP contribution in [0.1, 0.15) is 11.1 Å². The summed E-state index contributed by atoms with van der Waals surface area (Å²) >= 11 is 0. The minimum Gasteiger partial charge on any atom is -0.397 e. The van der Waals surface area contributed by atoms with Gasteiger partial charge in [-0.05, 0) is 41.8 Å². The van der Waals surface area contributed by atoms with Crippen LogP contribution in [0.2, 0.25) is 0 Å². The standard InChI is InChI=1S/C16H16FN3O/c17-12-3-1-2-10(6-12)4-5-19-15-9-14-11(7-13(15)18)8-16(21)20-14/h1-3,6-7,9,19H,4-5,8,18H2,(H,20,21). The lowest BCUT2D eigenvalue weighted by Crippen LogP contribution is -2.07. The van der Waals surface area contributed by atoms with Crippen molar-refractivity contribution in [1.29, 1.82) is 0 Å². The van der Waals surface area contributed by atoms with Gasteiger partial charge in [-0.2, -0.15) is 0 Å². The van der Waals surface area contributed by atoms with E-state index in [0.29, 0.717) is 25.1 Å². The Balaban J connectivity index is 1.66. The molecule has 0 spiro atoms. The van der Waals surface area contributed by atoms with Crippen LogP contribution in [0.15, 0.2) is 36.4 Å². The topological polar surface area (TPSA) is 67.2 Å². The first-order valence-electron chi connectivity index (χ1n) is 6.82. The van der Waals surface area contributed by atoms with E-state index in [1.54, 1.807) is 6.07 Å². The molecule has 2 aromatic rings. The van der Waals surface area contributed by atoms with E-state index in [9.17, 15) is 9.18 Å². The summed E-state index contributed by atoms with van der Waals surface area (Å²) in [5.74, 6) is -0.242. The van der Waals surface area contributed by atoms with Gasteiger partial charge in [-0.3, -0.25) is 4.79 Å². The third kappa shape index (κ3) is 2.97. The fourth-order valence-electron chi connectivity index (χ4n) is 2.48. The Morgan fingerprint density at radius 3 is 2.95 bits per heavy atom. The number of halogens is 1. The number of nitrogen functional groups attached to an aromatic ring is 1. The van der Waals surface area contributed by atoms with Crippen LogP contribution in [0.3, 0.4) is 0 Å². The number of benzene rings is 2. The number of anilines is 3. The quantitative estimate of drug-likeness (QED) is 0.756. The second-order valence-electron chi connectivity index (χ2n) is 5.13. The van der Waals surface area contributed by atoms with Crippen molar-refractivity contribution >= 4 is 23.0 Å². The molecule has 5 heteroatoms. The van der Waals surface area contributed by atoms with Crippen molar-refractivity contribution in [3.05, 3.63) is 53.3 Å². The lowest BCUT2D eigenvalue weighted by molar-refractivity contribution is -0.115. The number of hydrogen-bond acceptors (Lipinski definition) is 3. The molecule has 1 heterocycles. The second kappa shape index (κ2) is 5.44. The van der Waals surface area contributed by atoms with E-state index in [1.165, 1.54) is 12.1 Å². The van der Waals surface area contributed by atoms with Crippen LogP contribution < -0.4 is 16.4 Å². The number of amides is 1. The largest absolute Gasteiger partial charge is 0.397 e. The van der Waals surface area contributed by atoms with Gasteiger partial charge < -0.3 is 16.4 Å². The molecule has 0 aliphatic carbocycles. The van der Waals surface area contributed by atoms with Gasteiger partial charge in [0.15, 0.2) is 0 Å². The van der Waals surface area contributed by atoms with Crippen molar-refractivity contribution < 1.29 is 9.18 Å². The van der Waals surface area contributed by atoms with E-state index in [-0.39, 0.29) is 11.7 Å². The van der Waals surface area contributed by atoms with Crippen molar-refractivity contribution in [2.45, 2.75) is 12.8 Å². The monoisotopic (exact) mass is 285 g/mol. The van der Waals surface area contributed by atoms with Gasteiger partial charge in [0.25, 0.3) is 0 Å². The molecule has 4 N–H and O–H groups in total. The maximum Gasteiger partial charge on any atom is 0.228 e. The van der Waals surface area contributed by atoms with Gasteiger partial charge in [-0.1, -0.05) is 12.1 Å². The van der Waals surface area contributed by atoms with E-state index >= 15 is 0 Å². The lowest BCUT2D eigenvalue weighted by atomic mass is 10.1. The average Bonchev–Trinajstić information content (AvgIpc) is 2.78. The molecule has 1 aliphatic heterocycles. The fraction of sp³-hybridized carbons (Fsp3) is 0.188. The first kappa shape index (κ1) is 13.4. The molecule has 0 atom stereocenters. The summed E-state index contributed by atoms with van der Waals surface area (Å²) in [6, 6.07) is 10.2. The zero-order valence-electron chi connectivity index (χ0n) is 11.4. The maximum atomic E-state index is 13.1. The minimum absolute atomic E-state index is 0.0127. The third-order valence-corrected chi connectivity index (χ3v) is 3.52. The first-order chi connectivity index (χ1) is 10.1. The summed E-state index contributed by atoms with van der Waals surface area (Å²) in [5.41, 5.74) is 10.0. The molecule has 0 bridgehead atoms. The molecule has 4 nitrogen and oxygen atoms in total. The van der Waals surface area contributed by atoms with Crippen molar-refractivity contribution in [1.82, 2.24) is 0 Å². The molecule has 0 unspecified atom stereocenters. The van der Waals surface area contributed by atoms with E-state index in [4.69, 9.17) is 5.73 Å². The lowest BCUT2D eigenvalue weighted by Gasteiger charge is -2.11. The Morgan fingerprint density at radius 1 is 1.29 bits per heavy atom. The van der Waals surface area contributed by atoms with Crippen LogP contribution in [0.25, 0.3) is 0 Å². The van der Waals surface area contributed by atoms with Crippen LogP contribution in [-0.4, -0.2) is 12.5 Å². The van der Waals surface area contributed by atoms with E-state index < -0.39 is 0 Å². The molecular weight excluding hydrogens is 269 g/mol. The summed E-state index contributed by atoms with van der Waals surface area (Å²) < 4.78 is 13.1. The Hall–Kier alpha value is -2.56. The molecule has 0 fully saturated rings. The predicted molar refractivity (Wildman–Crippen MR) is 81.8 cm³/mol. The van der Waals surface area contributed by atoms with E-state index in [0.717, 1.165) is 22.5 Å². The molecular formula is C16H16FN3O. The Kier molecular flexibility index (Phi) is 3.48. The van der Waals surface area contributed by atoms with Crippen molar-refractivity contribution in [2.75, 3.05) is 22.9 Å². The zero-order chi connectivity index (χ0) is 14.8. The zero-order valence-corrected chi connectivity index (χ0v) is 11.4. The predicted octanol–water partition coefficient (Wildman–Crippen LogP) is 2.56. The number of carbonyl (C=O) groups is 1. The summed E-state index contributed by atoms with van der Waals surface area (Å²) in [6.07, 6.45) is 1.07. The Labute approximate surface area is 122 Å². The van der Waals surface area contributed by atoms with Crippen molar-refractivity contribution in [2.24, 2.45) is 0 Å². The van der Waals surface area contributed by atoms with Crippen LogP contribution >= 0.6 is 0 Å². The van der Waals surface area contributed by atoms with Crippen molar-refractivity contribution in [3.63, 3.8) is 0 Å². The molecule has 1 amide bonds. The number of nitrogens with one attached hydrogen (secondary N) is 2. The van der Waals surface area contributed by atoms with Gasteiger partial charge in [0.2, 0.25) is 5.91 Å². The molecule has 0 saturated carbocycles. The van der Waals surface area contributed by atoms with Gasteiger partial charge in [-0.25, -0.2) is 4.39 Å². The number of hydrogen-bond donors (Lipinski definition) is 3. The Morgan fingerprint density at radius 2 is 2.14 bits per heavy atom. The normalized spacial score (nSPS) is 12.9. The molecule has 2 aromatic carbocycles. The van der Waals surface area contributed by atoms with Gasteiger partial charge >= 0.3 is 0 Å². The summed E-state index contributed by atoms with van der Waals surface area (Å²) in [5, 5.41) is 6.02. The molecule has 0 saturated heterocycles. The van der Waals surface area contributed by atoms with Crippen LogP contribution in [0.4, 0.5) is 21.5 Å². The maximum absolute atomic E-state index is 13.1. The summed E-state index contributed by atoms with van der Waals surface area (Å²) in [4.78, 5) is 11.3. The number of nitrogens with two attached hydrogens (primary N) is 1. The third-order valence-electron chi connectivity index (χ3n) is 3.52. The molecule has 0 aromatic heterocycles. The molecule has 108 valence electrons. The molecule has 0 radical (unpaired) electrons. The van der Waals surface area contributed by atoms with Crippen LogP contribution in [0.5, 0.6) is 0 Å². The van der Waals surface area contributed by atoms with E-state index in [2.05, 4.69) is 10.6 Å².